The first kappa shape index (κ1) is 9.83. The molecule has 0 aromatic carbocycles. The van der Waals surface area contributed by atoms with Crippen LogP contribution in [0.3, 0.4) is 0 Å². The normalized spacial score (nSPS) is 45.5. The molecule has 84 valence electrons. The Labute approximate surface area is 92.0 Å². The Morgan fingerprint density at radius 3 is 2.40 bits per heavy atom. The fourth-order valence-electron chi connectivity index (χ4n) is 3.49. The van der Waals surface area contributed by atoms with Gasteiger partial charge in [0.2, 0.25) is 0 Å². The third-order valence-corrected chi connectivity index (χ3v) is 4.66. The molecule has 0 amide bonds. The van der Waals surface area contributed by atoms with Crippen LogP contribution in [0.4, 0.5) is 0 Å². The minimum absolute atomic E-state index is 0.518. The first-order valence-corrected chi connectivity index (χ1v) is 6.51. The van der Waals surface area contributed by atoms with Gasteiger partial charge in [0.25, 0.3) is 0 Å². The summed E-state index contributed by atoms with van der Waals surface area (Å²) in [4.78, 5) is 14.2. The summed E-state index contributed by atoms with van der Waals surface area (Å²) in [5, 5.41) is 0. The van der Waals surface area contributed by atoms with Gasteiger partial charge in [-0.3, -0.25) is 9.69 Å². The Kier molecular flexibility index (Phi) is 2.35. The molecule has 3 rings (SSSR count). The zero-order valence-corrected chi connectivity index (χ0v) is 9.61. The molecule has 0 N–H and O–H groups in total. The van der Waals surface area contributed by atoms with E-state index in [1.54, 1.807) is 0 Å². The molecule has 0 aromatic heterocycles. The third kappa shape index (κ3) is 1.84. The molecule has 2 bridgehead atoms. The molecule has 15 heavy (non-hydrogen) atoms. The van der Waals surface area contributed by atoms with Crippen molar-refractivity contribution in [3.05, 3.63) is 0 Å². The first-order valence-electron chi connectivity index (χ1n) is 6.51. The summed E-state index contributed by atoms with van der Waals surface area (Å²) in [5.41, 5.74) is 0. The fraction of sp³-hybridized carbons (Fsp3) is 0.923. The lowest BCUT2D eigenvalue weighted by atomic mass is 9.83. The third-order valence-electron chi connectivity index (χ3n) is 4.66. The average Bonchev–Trinajstić information content (AvgIpc) is 2.84. The zero-order chi connectivity index (χ0) is 10.4. The molecule has 4 unspecified atom stereocenters. The van der Waals surface area contributed by atoms with Gasteiger partial charge in [0.15, 0.2) is 0 Å². The summed E-state index contributed by atoms with van der Waals surface area (Å²) in [7, 11) is 0. The van der Waals surface area contributed by atoms with Crippen molar-refractivity contribution in [2.75, 3.05) is 6.54 Å². The van der Waals surface area contributed by atoms with Crippen LogP contribution in [0, 0.1) is 11.8 Å². The maximum absolute atomic E-state index is 11.6. The largest absolute Gasteiger partial charge is 0.300 e. The van der Waals surface area contributed by atoms with Crippen LogP contribution in [-0.4, -0.2) is 29.3 Å². The molecule has 3 aliphatic rings. The molecule has 4 atom stereocenters. The van der Waals surface area contributed by atoms with Crippen LogP contribution in [0.2, 0.25) is 0 Å². The lowest BCUT2D eigenvalue weighted by Gasteiger charge is -2.45. The Morgan fingerprint density at radius 1 is 1.27 bits per heavy atom. The molecule has 0 spiro atoms. The molecular weight excluding hydrogens is 186 g/mol. The Morgan fingerprint density at radius 2 is 1.87 bits per heavy atom. The van der Waals surface area contributed by atoms with Gasteiger partial charge in [0.05, 0.1) is 0 Å². The van der Waals surface area contributed by atoms with Crippen molar-refractivity contribution in [2.24, 2.45) is 11.8 Å². The van der Waals surface area contributed by atoms with E-state index in [1.165, 1.54) is 32.2 Å². The SMILES string of the molecule is CC1CC1CN1C2CCCC1CC(=O)C2. The fourth-order valence-corrected chi connectivity index (χ4v) is 3.49. The molecule has 1 saturated carbocycles. The van der Waals surface area contributed by atoms with Crippen molar-refractivity contribution in [2.45, 2.75) is 57.5 Å². The van der Waals surface area contributed by atoms with E-state index < -0.39 is 0 Å². The predicted octanol–water partition coefficient (Wildman–Crippen LogP) is 2.23. The Balaban J connectivity index is 1.68. The summed E-state index contributed by atoms with van der Waals surface area (Å²) < 4.78 is 0. The van der Waals surface area contributed by atoms with Gasteiger partial charge in [0.1, 0.15) is 5.78 Å². The zero-order valence-electron chi connectivity index (χ0n) is 9.61. The molecule has 3 fully saturated rings. The number of carbonyl (C=O) groups excluding carboxylic acids is 1. The molecule has 2 heterocycles. The summed E-state index contributed by atoms with van der Waals surface area (Å²) >= 11 is 0. The van der Waals surface area contributed by atoms with E-state index in [9.17, 15) is 4.79 Å². The predicted molar refractivity (Wildman–Crippen MR) is 59.6 cm³/mol. The highest BCUT2D eigenvalue weighted by atomic mass is 16.1. The van der Waals surface area contributed by atoms with E-state index in [-0.39, 0.29) is 0 Å². The molecule has 0 radical (unpaired) electrons. The highest BCUT2D eigenvalue weighted by molar-refractivity contribution is 5.80. The highest BCUT2D eigenvalue weighted by Gasteiger charge is 2.42. The van der Waals surface area contributed by atoms with E-state index in [2.05, 4.69) is 11.8 Å². The van der Waals surface area contributed by atoms with Crippen LogP contribution >= 0.6 is 0 Å². The number of nitrogens with zero attached hydrogens (tertiary/aromatic N) is 1. The van der Waals surface area contributed by atoms with Crippen LogP contribution in [-0.2, 0) is 4.79 Å². The minimum atomic E-state index is 0.518. The van der Waals surface area contributed by atoms with Crippen molar-refractivity contribution in [1.29, 1.82) is 0 Å². The van der Waals surface area contributed by atoms with Crippen molar-refractivity contribution in [1.82, 2.24) is 4.90 Å². The van der Waals surface area contributed by atoms with Gasteiger partial charge in [-0.2, -0.15) is 0 Å². The second-order valence-corrected chi connectivity index (χ2v) is 5.86. The molecule has 2 saturated heterocycles. The highest BCUT2D eigenvalue weighted by Crippen LogP contribution is 2.42. The van der Waals surface area contributed by atoms with Gasteiger partial charge in [-0.1, -0.05) is 13.3 Å². The molecule has 2 heteroatoms. The monoisotopic (exact) mass is 207 g/mol. The lowest BCUT2D eigenvalue weighted by Crippen LogP contribution is -2.53. The second kappa shape index (κ2) is 3.58. The van der Waals surface area contributed by atoms with E-state index in [1.807, 2.05) is 0 Å². The number of piperidine rings is 2. The van der Waals surface area contributed by atoms with Gasteiger partial charge >= 0.3 is 0 Å². The van der Waals surface area contributed by atoms with E-state index in [0.29, 0.717) is 17.9 Å². The van der Waals surface area contributed by atoms with Crippen molar-refractivity contribution in [3.8, 4) is 0 Å². The number of Topliss-reactive ketones (excluding diaryl/α,β-unsaturated/α-hetero) is 1. The molecule has 2 nitrogen and oxygen atoms in total. The van der Waals surface area contributed by atoms with Gasteiger partial charge in [-0.05, 0) is 31.1 Å². The number of hydrogen-bond donors (Lipinski definition) is 0. The summed E-state index contributed by atoms with van der Waals surface area (Å²) in [5.74, 6) is 2.41. The van der Waals surface area contributed by atoms with Crippen LogP contribution in [0.15, 0.2) is 0 Å². The van der Waals surface area contributed by atoms with Gasteiger partial charge in [-0.25, -0.2) is 0 Å². The van der Waals surface area contributed by atoms with E-state index >= 15 is 0 Å². The molecular formula is C13H21NO. The summed E-state index contributed by atoms with van der Waals surface area (Å²) in [6.45, 7) is 3.64. The minimum Gasteiger partial charge on any atom is -0.300 e. The summed E-state index contributed by atoms with van der Waals surface area (Å²) in [6, 6.07) is 1.22. The van der Waals surface area contributed by atoms with Crippen molar-refractivity contribution < 1.29 is 4.79 Å². The van der Waals surface area contributed by atoms with Crippen LogP contribution in [0.1, 0.15) is 45.4 Å². The number of carbonyl (C=O) groups is 1. The molecule has 2 aliphatic heterocycles. The van der Waals surface area contributed by atoms with Gasteiger partial charge in [-0.15, -0.1) is 0 Å². The second-order valence-electron chi connectivity index (χ2n) is 5.86. The maximum Gasteiger partial charge on any atom is 0.136 e. The molecule has 0 aromatic rings. The number of rotatable bonds is 2. The van der Waals surface area contributed by atoms with Crippen molar-refractivity contribution >= 4 is 5.78 Å². The maximum atomic E-state index is 11.6. The van der Waals surface area contributed by atoms with Gasteiger partial charge in [0, 0.05) is 31.5 Å². The van der Waals surface area contributed by atoms with Crippen LogP contribution in [0.25, 0.3) is 0 Å². The first-order chi connectivity index (χ1) is 7.24. The number of ketones is 1. The number of hydrogen-bond acceptors (Lipinski definition) is 2. The topological polar surface area (TPSA) is 20.3 Å². The molecule has 1 aliphatic carbocycles. The Bertz CT molecular complexity index is 260. The Hall–Kier alpha value is -0.370. The van der Waals surface area contributed by atoms with E-state index in [4.69, 9.17) is 0 Å². The number of fused-ring (bicyclic) bond motifs is 2. The van der Waals surface area contributed by atoms with Crippen LogP contribution < -0.4 is 0 Å². The quantitative estimate of drug-likeness (QED) is 0.692. The van der Waals surface area contributed by atoms with Crippen LogP contribution in [0.5, 0.6) is 0 Å². The van der Waals surface area contributed by atoms with E-state index in [0.717, 1.165) is 24.7 Å². The van der Waals surface area contributed by atoms with Crippen molar-refractivity contribution in [3.63, 3.8) is 0 Å². The lowest BCUT2D eigenvalue weighted by molar-refractivity contribution is -0.127. The smallest absolute Gasteiger partial charge is 0.136 e. The van der Waals surface area contributed by atoms with Gasteiger partial charge < -0.3 is 0 Å². The summed E-state index contributed by atoms with van der Waals surface area (Å²) in [6.07, 6.45) is 6.99. The standard InChI is InChI=1S/C13H21NO/c1-9-5-10(9)8-14-11-3-2-4-12(14)7-13(15)6-11/h9-12H,2-8H2,1H3. The average molecular weight is 207 g/mol.